The molecule has 1 amide bonds. The Labute approximate surface area is 104 Å². The molecule has 1 aromatic rings. The Morgan fingerprint density at radius 1 is 1.19 bits per heavy atom. The summed E-state index contributed by atoms with van der Waals surface area (Å²) in [6.45, 7) is 9.93. The minimum absolute atomic E-state index is 0.00562. The van der Waals surface area contributed by atoms with E-state index >= 15 is 0 Å². The second-order valence-corrected chi connectivity index (χ2v) is 2.76. The van der Waals surface area contributed by atoms with E-state index in [4.69, 9.17) is 11.6 Å². The van der Waals surface area contributed by atoms with Crippen molar-refractivity contribution in [1.82, 2.24) is 0 Å². The monoisotopic (exact) mass is 243 g/mol. The normalized spacial score (nSPS) is 7.88. The lowest BCUT2D eigenvalue weighted by Crippen LogP contribution is -2.13. The maximum atomic E-state index is 10.9. The highest BCUT2D eigenvalue weighted by Crippen LogP contribution is 2.12. The molecular formula is C13H22ClNO. The second-order valence-electron chi connectivity index (χ2n) is 2.50. The van der Waals surface area contributed by atoms with E-state index in [2.05, 4.69) is 5.32 Å². The summed E-state index contributed by atoms with van der Waals surface area (Å²) in [7, 11) is 0. The van der Waals surface area contributed by atoms with E-state index in [-0.39, 0.29) is 11.8 Å². The highest BCUT2D eigenvalue weighted by molar-refractivity contribution is 6.29. The number of benzene rings is 1. The van der Waals surface area contributed by atoms with Crippen molar-refractivity contribution in [3.8, 4) is 0 Å². The molecule has 1 N–H and O–H groups in total. The zero-order chi connectivity index (χ0) is 13.0. The summed E-state index contributed by atoms with van der Waals surface area (Å²) in [5, 5.41) is 2.69. The minimum Gasteiger partial charge on any atom is -0.325 e. The summed E-state index contributed by atoms with van der Waals surface area (Å²) in [6.07, 6.45) is 0. The van der Waals surface area contributed by atoms with Gasteiger partial charge in [-0.15, -0.1) is 11.6 Å². The van der Waals surface area contributed by atoms with E-state index in [9.17, 15) is 4.79 Å². The quantitative estimate of drug-likeness (QED) is 0.774. The number of hydrogen-bond donors (Lipinski definition) is 1. The molecule has 0 aliphatic heterocycles. The van der Waals surface area contributed by atoms with Gasteiger partial charge in [-0.3, -0.25) is 4.79 Å². The molecule has 1 aromatic carbocycles. The van der Waals surface area contributed by atoms with Gasteiger partial charge >= 0.3 is 0 Å². The zero-order valence-corrected chi connectivity index (χ0v) is 11.6. The molecule has 0 saturated carbocycles. The molecule has 16 heavy (non-hydrogen) atoms. The third-order valence-corrected chi connectivity index (χ3v) is 1.78. The number of amides is 1. The van der Waals surface area contributed by atoms with Crippen LogP contribution in [0.2, 0.25) is 0 Å². The molecule has 0 bridgehead atoms. The molecule has 1 rings (SSSR count). The maximum Gasteiger partial charge on any atom is 0.239 e. The molecule has 0 aromatic heterocycles. The number of para-hydroxylation sites is 1. The van der Waals surface area contributed by atoms with Crippen LogP contribution in [0.25, 0.3) is 0 Å². The number of aryl methyl sites for hydroxylation is 1. The molecule has 2 nitrogen and oxygen atoms in total. The summed E-state index contributed by atoms with van der Waals surface area (Å²) in [4.78, 5) is 10.9. The zero-order valence-electron chi connectivity index (χ0n) is 10.8. The van der Waals surface area contributed by atoms with Crippen LogP contribution in [-0.4, -0.2) is 11.8 Å². The standard InChI is InChI=1S/C9H10ClNO.2C2H6/c1-7-4-2-3-5-8(7)11-9(12)6-10;2*1-2/h2-5H,6H2,1H3,(H,11,12);2*1-2H3. The highest BCUT2D eigenvalue weighted by Gasteiger charge is 2.00. The molecule has 0 spiro atoms. The van der Waals surface area contributed by atoms with Crippen LogP contribution >= 0.6 is 11.6 Å². The van der Waals surface area contributed by atoms with Gasteiger partial charge in [-0.05, 0) is 18.6 Å². The number of halogens is 1. The molecule has 0 radical (unpaired) electrons. The molecule has 92 valence electrons. The first-order valence-corrected chi connectivity index (χ1v) is 6.19. The van der Waals surface area contributed by atoms with Crippen molar-refractivity contribution in [3.63, 3.8) is 0 Å². The van der Waals surface area contributed by atoms with Crippen LogP contribution in [0, 0.1) is 6.92 Å². The van der Waals surface area contributed by atoms with E-state index in [1.807, 2.05) is 58.9 Å². The van der Waals surface area contributed by atoms with Crippen molar-refractivity contribution in [3.05, 3.63) is 29.8 Å². The topological polar surface area (TPSA) is 29.1 Å². The molecule has 0 aliphatic carbocycles. The van der Waals surface area contributed by atoms with Crippen LogP contribution in [0.1, 0.15) is 33.3 Å². The SMILES string of the molecule is CC.CC.Cc1ccccc1NC(=O)CCl. The third kappa shape index (κ3) is 7.30. The first-order valence-electron chi connectivity index (χ1n) is 5.65. The van der Waals surface area contributed by atoms with Crippen molar-refractivity contribution in [1.29, 1.82) is 0 Å². The van der Waals surface area contributed by atoms with E-state index in [0.717, 1.165) is 11.3 Å². The Hall–Kier alpha value is -1.02. The Kier molecular flexibility index (Phi) is 13.1. The molecule has 0 heterocycles. The first kappa shape index (κ1) is 17.4. The van der Waals surface area contributed by atoms with Crippen molar-refractivity contribution < 1.29 is 4.79 Å². The van der Waals surface area contributed by atoms with E-state index in [1.165, 1.54) is 0 Å². The first-order chi connectivity index (χ1) is 7.74. The fraction of sp³-hybridized carbons (Fsp3) is 0.462. The summed E-state index contributed by atoms with van der Waals surface area (Å²) < 4.78 is 0. The smallest absolute Gasteiger partial charge is 0.239 e. The van der Waals surface area contributed by atoms with Crippen molar-refractivity contribution in [2.45, 2.75) is 34.6 Å². The summed E-state index contributed by atoms with van der Waals surface area (Å²) in [6, 6.07) is 7.58. The van der Waals surface area contributed by atoms with Crippen molar-refractivity contribution in [2.24, 2.45) is 0 Å². The molecular weight excluding hydrogens is 222 g/mol. The second kappa shape index (κ2) is 12.1. The van der Waals surface area contributed by atoms with E-state index in [0.29, 0.717) is 0 Å². The van der Waals surface area contributed by atoms with Crippen LogP contribution < -0.4 is 5.32 Å². The number of hydrogen-bond acceptors (Lipinski definition) is 1. The van der Waals surface area contributed by atoms with Crippen LogP contribution in [0.5, 0.6) is 0 Å². The Balaban J connectivity index is 0. The number of nitrogens with one attached hydrogen (secondary N) is 1. The summed E-state index contributed by atoms with van der Waals surface area (Å²) in [5.74, 6) is -0.181. The molecule has 0 fully saturated rings. The van der Waals surface area contributed by atoms with Crippen LogP contribution in [-0.2, 0) is 4.79 Å². The lowest BCUT2D eigenvalue weighted by Gasteiger charge is -2.05. The molecule has 0 aliphatic rings. The van der Waals surface area contributed by atoms with Gasteiger partial charge in [-0.25, -0.2) is 0 Å². The lowest BCUT2D eigenvalue weighted by atomic mass is 10.2. The lowest BCUT2D eigenvalue weighted by molar-refractivity contribution is -0.113. The number of rotatable bonds is 2. The van der Waals surface area contributed by atoms with Crippen molar-refractivity contribution >= 4 is 23.2 Å². The maximum absolute atomic E-state index is 10.9. The molecule has 0 saturated heterocycles. The number of carbonyl (C=O) groups is 1. The highest BCUT2D eigenvalue weighted by atomic mass is 35.5. The predicted molar refractivity (Wildman–Crippen MR) is 73.2 cm³/mol. The van der Waals surface area contributed by atoms with Crippen molar-refractivity contribution in [2.75, 3.05) is 11.2 Å². The Morgan fingerprint density at radius 2 is 1.69 bits per heavy atom. The van der Waals surface area contributed by atoms with Crippen LogP contribution in [0.3, 0.4) is 0 Å². The van der Waals surface area contributed by atoms with E-state index in [1.54, 1.807) is 0 Å². The van der Waals surface area contributed by atoms with Gasteiger partial charge in [0.1, 0.15) is 5.88 Å². The van der Waals surface area contributed by atoms with Gasteiger partial charge < -0.3 is 5.32 Å². The molecule has 3 heteroatoms. The van der Waals surface area contributed by atoms with Gasteiger partial charge in [-0.1, -0.05) is 45.9 Å². The Morgan fingerprint density at radius 3 is 2.12 bits per heavy atom. The summed E-state index contributed by atoms with van der Waals surface area (Å²) in [5.41, 5.74) is 1.86. The average molecular weight is 244 g/mol. The van der Waals surface area contributed by atoms with Crippen LogP contribution in [0.4, 0.5) is 5.69 Å². The predicted octanol–water partition coefficient (Wildman–Crippen LogP) is 4.22. The largest absolute Gasteiger partial charge is 0.325 e. The molecule has 0 unspecified atom stereocenters. The average Bonchev–Trinajstić information content (AvgIpc) is 2.37. The van der Waals surface area contributed by atoms with Crippen LogP contribution in [0.15, 0.2) is 24.3 Å². The van der Waals surface area contributed by atoms with Gasteiger partial charge in [0.25, 0.3) is 0 Å². The van der Waals surface area contributed by atoms with Gasteiger partial charge in [-0.2, -0.15) is 0 Å². The van der Waals surface area contributed by atoms with Gasteiger partial charge in [0.05, 0.1) is 0 Å². The van der Waals surface area contributed by atoms with Gasteiger partial charge in [0.15, 0.2) is 0 Å². The van der Waals surface area contributed by atoms with Gasteiger partial charge in [0, 0.05) is 5.69 Å². The number of anilines is 1. The molecule has 0 atom stereocenters. The fourth-order valence-electron chi connectivity index (χ4n) is 0.897. The number of carbonyl (C=O) groups excluding carboxylic acids is 1. The minimum atomic E-state index is -0.175. The van der Waals surface area contributed by atoms with E-state index < -0.39 is 0 Å². The van der Waals surface area contributed by atoms with Gasteiger partial charge in [0.2, 0.25) is 5.91 Å². The summed E-state index contributed by atoms with van der Waals surface area (Å²) >= 11 is 5.34. The fourth-order valence-corrected chi connectivity index (χ4v) is 0.964. The third-order valence-electron chi connectivity index (χ3n) is 1.54. The Bertz CT molecular complexity index is 287. The number of alkyl halides is 1.